The maximum absolute atomic E-state index is 8.92. The summed E-state index contributed by atoms with van der Waals surface area (Å²) in [5.74, 6) is 0. The monoisotopic (exact) mass is 240 g/mol. The van der Waals surface area contributed by atoms with Crippen LogP contribution in [0.1, 0.15) is 5.56 Å². The van der Waals surface area contributed by atoms with Crippen LogP contribution < -0.4 is 5.73 Å². The molecule has 0 aromatic heterocycles. The van der Waals surface area contributed by atoms with Crippen molar-refractivity contribution in [1.29, 1.82) is 0 Å². The minimum Gasteiger partial charge on any atom is -0.398 e. The average molecular weight is 241 g/mol. The zero-order valence-corrected chi connectivity index (χ0v) is 9.95. The topological polar surface area (TPSA) is 49.5 Å². The number of aliphatic hydroxyl groups is 1. The number of nitrogens with zero attached hydrogens (tertiary/aromatic N) is 1. The summed E-state index contributed by atoms with van der Waals surface area (Å²) in [6, 6.07) is 5.58. The van der Waals surface area contributed by atoms with E-state index < -0.39 is 0 Å². The van der Waals surface area contributed by atoms with Gasteiger partial charge < -0.3 is 10.8 Å². The predicted molar refractivity (Wildman–Crippen MR) is 68.4 cm³/mol. The fourth-order valence-corrected chi connectivity index (χ4v) is 1.63. The number of halogens is 1. The Bertz CT molecular complexity index is 355. The molecule has 0 heterocycles. The lowest BCUT2D eigenvalue weighted by Gasteiger charge is -2.19. The van der Waals surface area contributed by atoms with E-state index in [1.165, 1.54) is 0 Å². The lowest BCUT2D eigenvalue weighted by atomic mass is 10.2. The van der Waals surface area contributed by atoms with Gasteiger partial charge in [-0.1, -0.05) is 23.7 Å². The fraction of sp³-hybridized carbons (Fsp3) is 0.333. The van der Waals surface area contributed by atoms with Crippen LogP contribution in [0.2, 0.25) is 5.02 Å². The summed E-state index contributed by atoms with van der Waals surface area (Å²) in [6.45, 7) is 5.91. The first-order chi connectivity index (χ1) is 7.67. The normalized spacial score (nSPS) is 10.7. The Morgan fingerprint density at radius 3 is 2.81 bits per heavy atom. The van der Waals surface area contributed by atoms with E-state index in [4.69, 9.17) is 22.4 Å². The summed E-state index contributed by atoms with van der Waals surface area (Å²) in [5.41, 5.74) is 7.39. The molecule has 16 heavy (non-hydrogen) atoms. The molecular weight excluding hydrogens is 224 g/mol. The van der Waals surface area contributed by atoms with Crippen LogP contribution in [0.25, 0.3) is 0 Å². The molecule has 0 atom stereocenters. The van der Waals surface area contributed by atoms with E-state index in [2.05, 4.69) is 11.5 Å². The number of rotatable bonds is 6. The highest BCUT2D eigenvalue weighted by molar-refractivity contribution is 6.33. The van der Waals surface area contributed by atoms with Crippen LogP contribution in [-0.2, 0) is 6.54 Å². The molecule has 0 bridgehead atoms. The largest absolute Gasteiger partial charge is 0.398 e. The standard InChI is InChI=1S/C12H17ClN2O/c1-2-5-15(6-7-16)9-10-3-4-11(13)12(14)8-10/h2-4,8,16H,1,5-7,9,14H2. The summed E-state index contributed by atoms with van der Waals surface area (Å²) < 4.78 is 0. The minimum atomic E-state index is 0.136. The van der Waals surface area contributed by atoms with Crippen molar-refractivity contribution in [1.82, 2.24) is 4.90 Å². The zero-order chi connectivity index (χ0) is 12.0. The SMILES string of the molecule is C=CCN(CCO)Cc1ccc(Cl)c(N)c1. The molecular formula is C12H17ClN2O. The molecule has 1 aromatic carbocycles. The number of hydrogen-bond donors (Lipinski definition) is 2. The molecule has 0 spiro atoms. The molecule has 0 amide bonds. The molecule has 0 saturated carbocycles. The highest BCUT2D eigenvalue weighted by Crippen LogP contribution is 2.20. The first-order valence-electron chi connectivity index (χ1n) is 5.15. The molecule has 0 aliphatic rings. The van der Waals surface area contributed by atoms with Crippen LogP contribution in [0.5, 0.6) is 0 Å². The summed E-state index contributed by atoms with van der Waals surface area (Å²) >= 11 is 5.84. The molecule has 0 unspecified atom stereocenters. The Morgan fingerprint density at radius 2 is 2.25 bits per heavy atom. The third-order valence-corrected chi connectivity index (χ3v) is 2.61. The first kappa shape index (κ1) is 13.0. The van der Waals surface area contributed by atoms with Gasteiger partial charge in [-0.3, -0.25) is 4.90 Å². The van der Waals surface area contributed by atoms with E-state index in [9.17, 15) is 0 Å². The van der Waals surface area contributed by atoms with Gasteiger partial charge in [-0.2, -0.15) is 0 Å². The van der Waals surface area contributed by atoms with E-state index in [1.54, 1.807) is 6.07 Å². The molecule has 0 radical (unpaired) electrons. The van der Waals surface area contributed by atoms with Crippen molar-refractivity contribution in [2.45, 2.75) is 6.54 Å². The van der Waals surface area contributed by atoms with E-state index in [1.807, 2.05) is 18.2 Å². The molecule has 3 nitrogen and oxygen atoms in total. The summed E-state index contributed by atoms with van der Waals surface area (Å²) in [4.78, 5) is 2.08. The van der Waals surface area contributed by atoms with Gasteiger partial charge in [-0.15, -0.1) is 6.58 Å². The molecule has 0 aliphatic heterocycles. The molecule has 0 aliphatic carbocycles. The van der Waals surface area contributed by atoms with E-state index in [0.717, 1.165) is 18.7 Å². The van der Waals surface area contributed by atoms with Gasteiger partial charge in [0.15, 0.2) is 0 Å². The number of nitrogen functional groups attached to an aromatic ring is 1. The van der Waals surface area contributed by atoms with Crippen molar-refractivity contribution in [3.05, 3.63) is 41.4 Å². The zero-order valence-electron chi connectivity index (χ0n) is 9.19. The summed E-state index contributed by atoms with van der Waals surface area (Å²) in [5, 5.41) is 9.49. The third-order valence-electron chi connectivity index (χ3n) is 2.27. The lowest BCUT2D eigenvalue weighted by Crippen LogP contribution is -2.26. The quantitative estimate of drug-likeness (QED) is 0.590. The van der Waals surface area contributed by atoms with Crippen molar-refractivity contribution in [3.63, 3.8) is 0 Å². The van der Waals surface area contributed by atoms with E-state index >= 15 is 0 Å². The molecule has 4 heteroatoms. The fourth-order valence-electron chi connectivity index (χ4n) is 1.51. The van der Waals surface area contributed by atoms with Gasteiger partial charge in [0, 0.05) is 19.6 Å². The Morgan fingerprint density at radius 1 is 1.50 bits per heavy atom. The lowest BCUT2D eigenvalue weighted by molar-refractivity contribution is 0.203. The van der Waals surface area contributed by atoms with Crippen molar-refractivity contribution in [2.24, 2.45) is 0 Å². The average Bonchev–Trinajstić information content (AvgIpc) is 2.24. The van der Waals surface area contributed by atoms with Crippen LogP contribution in [0, 0.1) is 0 Å². The van der Waals surface area contributed by atoms with Gasteiger partial charge in [0.2, 0.25) is 0 Å². The minimum absolute atomic E-state index is 0.136. The van der Waals surface area contributed by atoms with Gasteiger partial charge in [0.05, 0.1) is 17.3 Å². The second kappa shape index (κ2) is 6.53. The number of aliphatic hydroxyl groups excluding tert-OH is 1. The Kier molecular flexibility index (Phi) is 5.32. The second-order valence-corrected chi connectivity index (χ2v) is 4.01. The number of nitrogens with two attached hydrogens (primary N) is 1. The van der Waals surface area contributed by atoms with Gasteiger partial charge in [0.25, 0.3) is 0 Å². The molecule has 0 fully saturated rings. The molecule has 1 rings (SSSR count). The Hall–Kier alpha value is -1.03. The van der Waals surface area contributed by atoms with Crippen molar-refractivity contribution < 1.29 is 5.11 Å². The molecule has 1 aromatic rings. The van der Waals surface area contributed by atoms with Gasteiger partial charge >= 0.3 is 0 Å². The predicted octanol–water partition coefficient (Wildman–Crippen LogP) is 1.90. The summed E-state index contributed by atoms with van der Waals surface area (Å²) in [6.07, 6.45) is 1.81. The van der Waals surface area contributed by atoms with Crippen LogP contribution in [0.15, 0.2) is 30.9 Å². The van der Waals surface area contributed by atoms with Gasteiger partial charge in [-0.25, -0.2) is 0 Å². The Balaban J connectivity index is 2.68. The van der Waals surface area contributed by atoms with E-state index in [0.29, 0.717) is 17.3 Å². The molecule has 88 valence electrons. The van der Waals surface area contributed by atoms with E-state index in [-0.39, 0.29) is 6.61 Å². The third kappa shape index (κ3) is 3.85. The smallest absolute Gasteiger partial charge is 0.0635 e. The maximum Gasteiger partial charge on any atom is 0.0635 e. The molecule has 3 N–H and O–H groups in total. The van der Waals surface area contributed by atoms with Crippen LogP contribution in [0.4, 0.5) is 5.69 Å². The van der Waals surface area contributed by atoms with Crippen LogP contribution in [0.3, 0.4) is 0 Å². The van der Waals surface area contributed by atoms with Crippen LogP contribution >= 0.6 is 11.6 Å². The van der Waals surface area contributed by atoms with Gasteiger partial charge in [-0.05, 0) is 17.7 Å². The Labute approximate surface area is 101 Å². The van der Waals surface area contributed by atoms with Gasteiger partial charge in [0.1, 0.15) is 0 Å². The number of anilines is 1. The maximum atomic E-state index is 8.92. The van der Waals surface area contributed by atoms with Crippen molar-refractivity contribution >= 4 is 17.3 Å². The van der Waals surface area contributed by atoms with Crippen LogP contribution in [-0.4, -0.2) is 29.7 Å². The highest BCUT2D eigenvalue weighted by atomic mass is 35.5. The molecule has 0 saturated heterocycles. The van der Waals surface area contributed by atoms with Crippen molar-refractivity contribution in [2.75, 3.05) is 25.4 Å². The number of benzene rings is 1. The second-order valence-electron chi connectivity index (χ2n) is 3.60. The number of hydrogen-bond acceptors (Lipinski definition) is 3. The first-order valence-corrected chi connectivity index (χ1v) is 5.53. The van der Waals surface area contributed by atoms with Crippen molar-refractivity contribution in [3.8, 4) is 0 Å². The summed E-state index contributed by atoms with van der Waals surface area (Å²) in [7, 11) is 0. The highest BCUT2D eigenvalue weighted by Gasteiger charge is 2.05.